The maximum absolute atomic E-state index is 11.9. The highest BCUT2D eigenvalue weighted by atomic mass is 79.9. The Morgan fingerprint density at radius 2 is 2.22 bits per heavy atom. The molecule has 0 aliphatic rings. The number of anilines is 1. The van der Waals surface area contributed by atoms with Crippen LogP contribution in [-0.4, -0.2) is 14.5 Å². The van der Waals surface area contributed by atoms with Crippen molar-refractivity contribution in [1.29, 1.82) is 0 Å². The van der Waals surface area contributed by atoms with E-state index in [0.29, 0.717) is 22.5 Å². The van der Waals surface area contributed by atoms with E-state index in [-0.39, 0.29) is 5.56 Å². The van der Waals surface area contributed by atoms with Crippen LogP contribution in [0.15, 0.2) is 33.9 Å². The number of aromatic nitrogens is 3. The highest BCUT2D eigenvalue weighted by molar-refractivity contribution is 9.10. The number of nitrogens with one attached hydrogen (secondary N) is 1. The normalized spacial score (nSPS) is 10.4. The van der Waals surface area contributed by atoms with Crippen LogP contribution in [0.3, 0.4) is 0 Å². The number of rotatable bonds is 3. The topological polar surface area (TPSA) is 85.8 Å². The fourth-order valence-corrected chi connectivity index (χ4v) is 1.79. The second-order valence-corrected chi connectivity index (χ2v) is 4.57. The van der Waals surface area contributed by atoms with Crippen LogP contribution >= 0.6 is 15.9 Å². The Bertz CT molecular complexity index is 608. The second kappa shape index (κ2) is 5.28. The average molecular weight is 310 g/mol. The van der Waals surface area contributed by atoms with E-state index in [1.807, 2.05) is 6.07 Å². The SMILES string of the molecule is Cc1ncn(Cc2ccc(NN)nc2)c(=O)c1Br. The van der Waals surface area contributed by atoms with Gasteiger partial charge in [-0.2, -0.15) is 0 Å². The molecule has 0 bridgehead atoms. The molecule has 0 spiro atoms. The fraction of sp³-hybridized carbons (Fsp3) is 0.182. The number of hydrogen-bond donors (Lipinski definition) is 2. The van der Waals surface area contributed by atoms with Gasteiger partial charge in [-0.25, -0.2) is 15.8 Å². The summed E-state index contributed by atoms with van der Waals surface area (Å²) in [6.07, 6.45) is 3.19. The van der Waals surface area contributed by atoms with Gasteiger partial charge < -0.3 is 5.43 Å². The van der Waals surface area contributed by atoms with Gasteiger partial charge in [-0.1, -0.05) is 6.07 Å². The van der Waals surface area contributed by atoms with Crippen LogP contribution in [0.4, 0.5) is 5.82 Å². The van der Waals surface area contributed by atoms with Crippen molar-refractivity contribution < 1.29 is 0 Å². The number of nitrogens with two attached hydrogens (primary N) is 1. The predicted molar refractivity (Wildman–Crippen MR) is 72.1 cm³/mol. The fourth-order valence-electron chi connectivity index (χ4n) is 1.46. The lowest BCUT2D eigenvalue weighted by atomic mass is 10.3. The zero-order valence-corrected chi connectivity index (χ0v) is 11.3. The summed E-state index contributed by atoms with van der Waals surface area (Å²) in [7, 11) is 0. The molecule has 2 rings (SSSR count). The van der Waals surface area contributed by atoms with E-state index in [2.05, 4.69) is 31.3 Å². The first-order valence-electron chi connectivity index (χ1n) is 5.25. The van der Waals surface area contributed by atoms with E-state index >= 15 is 0 Å². The van der Waals surface area contributed by atoms with Crippen molar-refractivity contribution in [3.8, 4) is 0 Å². The molecule has 0 saturated heterocycles. The summed E-state index contributed by atoms with van der Waals surface area (Å²) in [6, 6.07) is 3.60. The third-order valence-electron chi connectivity index (χ3n) is 2.48. The zero-order chi connectivity index (χ0) is 13.1. The number of hydrazine groups is 1. The molecule has 0 atom stereocenters. The van der Waals surface area contributed by atoms with Crippen molar-refractivity contribution in [1.82, 2.24) is 14.5 Å². The molecule has 0 fully saturated rings. The third-order valence-corrected chi connectivity index (χ3v) is 3.40. The molecule has 0 unspecified atom stereocenters. The molecule has 94 valence electrons. The lowest BCUT2D eigenvalue weighted by Gasteiger charge is -2.07. The van der Waals surface area contributed by atoms with Gasteiger partial charge in [-0.3, -0.25) is 9.36 Å². The molecule has 0 aliphatic carbocycles. The molecule has 0 radical (unpaired) electrons. The molecule has 0 aromatic carbocycles. The summed E-state index contributed by atoms with van der Waals surface area (Å²) in [4.78, 5) is 20.2. The number of nitrogens with zero attached hydrogens (tertiary/aromatic N) is 3. The molecular weight excluding hydrogens is 298 g/mol. The van der Waals surface area contributed by atoms with E-state index in [1.165, 1.54) is 10.9 Å². The lowest BCUT2D eigenvalue weighted by molar-refractivity contribution is 0.722. The van der Waals surface area contributed by atoms with Crippen molar-refractivity contribution in [2.45, 2.75) is 13.5 Å². The maximum atomic E-state index is 11.9. The number of halogens is 1. The van der Waals surface area contributed by atoms with Crippen LogP contribution < -0.4 is 16.8 Å². The molecule has 6 nitrogen and oxygen atoms in total. The Kier molecular flexibility index (Phi) is 3.73. The smallest absolute Gasteiger partial charge is 0.268 e. The Hall–Kier alpha value is -1.73. The molecule has 7 heteroatoms. The van der Waals surface area contributed by atoms with Crippen LogP contribution in [-0.2, 0) is 6.54 Å². The van der Waals surface area contributed by atoms with Gasteiger partial charge >= 0.3 is 0 Å². The number of hydrogen-bond acceptors (Lipinski definition) is 5. The number of nitrogen functional groups attached to an aromatic ring is 1. The van der Waals surface area contributed by atoms with Crippen LogP contribution in [0, 0.1) is 6.92 Å². The van der Waals surface area contributed by atoms with Crippen molar-refractivity contribution in [3.05, 3.63) is 50.7 Å². The standard InChI is InChI=1S/C11H12BrN5O/c1-7-10(12)11(18)17(6-15-7)5-8-2-3-9(16-13)14-4-8/h2-4,6H,5,13H2,1H3,(H,14,16). The third kappa shape index (κ3) is 2.57. The zero-order valence-electron chi connectivity index (χ0n) is 9.72. The molecule has 0 amide bonds. The van der Waals surface area contributed by atoms with Crippen LogP contribution in [0.5, 0.6) is 0 Å². The lowest BCUT2D eigenvalue weighted by Crippen LogP contribution is -2.22. The van der Waals surface area contributed by atoms with Gasteiger partial charge in [0.2, 0.25) is 0 Å². The first kappa shape index (κ1) is 12.7. The Morgan fingerprint density at radius 1 is 1.44 bits per heavy atom. The average Bonchev–Trinajstić information content (AvgIpc) is 2.40. The first-order valence-corrected chi connectivity index (χ1v) is 6.04. The highest BCUT2D eigenvalue weighted by Gasteiger charge is 2.06. The van der Waals surface area contributed by atoms with Gasteiger partial charge in [-0.15, -0.1) is 0 Å². The van der Waals surface area contributed by atoms with Gasteiger partial charge in [0.25, 0.3) is 5.56 Å². The highest BCUT2D eigenvalue weighted by Crippen LogP contribution is 2.08. The predicted octanol–water partition coefficient (Wildman–Crippen LogP) is 1.04. The van der Waals surface area contributed by atoms with E-state index in [1.54, 1.807) is 19.2 Å². The molecule has 0 aliphatic heterocycles. The van der Waals surface area contributed by atoms with Crippen LogP contribution in [0.25, 0.3) is 0 Å². The van der Waals surface area contributed by atoms with E-state index in [9.17, 15) is 4.79 Å². The molecule has 0 saturated carbocycles. The molecule has 2 aromatic heterocycles. The monoisotopic (exact) mass is 309 g/mol. The number of pyridine rings is 1. The molecule has 2 aromatic rings. The van der Waals surface area contributed by atoms with Gasteiger partial charge in [-0.05, 0) is 34.5 Å². The summed E-state index contributed by atoms with van der Waals surface area (Å²) in [5.41, 5.74) is 3.91. The van der Waals surface area contributed by atoms with Crippen molar-refractivity contribution in [2.75, 3.05) is 5.43 Å². The summed E-state index contributed by atoms with van der Waals surface area (Å²) in [5.74, 6) is 5.81. The maximum Gasteiger partial charge on any atom is 0.268 e. The van der Waals surface area contributed by atoms with Crippen LogP contribution in [0.1, 0.15) is 11.3 Å². The van der Waals surface area contributed by atoms with Crippen molar-refractivity contribution in [3.63, 3.8) is 0 Å². The minimum atomic E-state index is -0.108. The van der Waals surface area contributed by atoms with Crippen molar-refractivity contribution in [2.24, 2.45) is 5.84 Å². The van der Waals surface area contributed by atoms with E-state index < -0.39 is 0 Å². The Labute approximate surface area is 112 Å². The quantitative estimate of drug-likeness (QED) is 0.653. The van der Waals surface area contributed by atoms with E-state index in [4.69, 9.17) is 5.84 Å². The van der Waals surface area contributed by atoms with Gasteiger partial charge in [0.15, 0.2) is 0 Å². The molecule has 3 N–H and O–H groups in total. The minimum Gasteiger partial charge on any atom is -0.308 e. The molecule has 18 heavy (non-hydrogen) atoms. The number of aryl methyl sites for hydroxylation is 1. The van der Waals surface area contributed by atoms with Gasteiger partial charge in [0.05, 0.1) is 18.6 Å². The van der Waals surface area contributed by atoms with Gasteiger partial charge in [0, 0.05) is 6.20 Å². The largest absolute Gasteiger partial charge is 0.308 e. The minimum absolute atomic E-state index is 0.108. The second-order valence-electron chi connectivity index (χ2n) is 3.77. The van der Waals surface area contributed by atoms with Gasteiger partial charge in [0.1, 0.15) is 10.3 Å². The Balaban J connectivity index is 2.28. The summed E-state index contributed by atoms with van der Waals surface area (Å²) < 4.78 is 2.00. The Morgan fingerprint density at radius 3 is 2.83 bits per heavy atom. The van der Waals surface area contributed by atoms with E-state index in [0.717, 1.165) is 5.56 Å². The first-order chi connectivity index (χ1) is 8.61. The summed E-state index contributed by atoms with van der Waals surface area (Å²) in [5, 5.41) is 0. The summed E-state index contributed by atoms with van der Waals surface area (Å²) >= 11 is 3.23. The summed E-state index contributed by atoms with van der Waals surface area (Å²) in [6.45, 7) is 2.20. The molecule has 2 heterocycles. The van der Waals surface area contributed by atoms with Crippen molar-refractivity contribution >= 4 is 21.7 Å². The molecular formula is C11H12BrN5O. The van der Waals surface area contributed by atoms with Crippen LogP contribution in [0.2, 0.25) is 0 Å².